The largest absolute Gasteiger partial charge is 0.308 e. The highest BCUT2D eigenvalue weighted by Gasteiger charge is 2.21. The molecule has 0 radical (unpaired) electrons. The van der Waals surface area contributed by atoms with Crippen molar-refractivity contribution in [3.8, 4) is 44.9 Å². The van der Waals surface area contributed by atoms with Gasteiger partial charge in [0.15, 0.2) is 5.82 Å². The van der Waals surface area contributed by atoms with Gasteiger partial charge in [0.25, 0.3) is 0 Å². The minimum Gasteiger partial charge on any atom is -0.308 e. The molecule has 228 valence electrons. The van der Waals surface area contributed by atoms with Gasteiger partial charge in [-0.2, -0.15) is 0 Å². The molecule has 10 aromatic rings. The van der Waals surface area contributed by atoms with Crippen molar-refractivity contribution in [1.29, 1.82) is 0 Å². The van der Waals surface area contributed by atoms with Crippen LogP contribution in [-0.4, -0.2) is 14.4 Å². The Morgan fingerprint density at radius 3 is 1.73 bits per heavy atom. The number of pyridine rings is 1. The zero-order valence-electron chi connectivity index (χ0n) is 26.6. The van der Waals surface area contributed by atoms with Crippen LogP contribution < -0.4 is 0 Å². The molecule has 49 heavy (non-hydrogen) atoms. The van der Waals surface area contributed by atoms with Gasteiger partial charge < -0.3 is 4.40 Å². The lowest BCUT2D eigenvalue weighted by Gasteiger charge is -2.14. The van der Waals surface area contributed by atoms with E-state index in [1.54, 1.807) is 0 Å². The Morgan fingerprint density at radius 1 is 0.347 bits per heavy atom. The predicted molar refractivity (Wildman–Crippen MR) is 205 cm³/mol. The number of benzene rings is 7. The van der Waals surface area contributed by atoms with Crippen molar-refractivity contribution in [3.05, 3.63) is 176 Å². The summed E-state index contributed by atoms with van der Waals surface area (Å²) in [6.45, 7) is 0. The zero-order valence-corrected chi connectivity index (χ0v) is 26.6. The smallest absolute Gasteiger partial charge is 0.160 e. The van der Waals surface area contributed by atoms with Crippen LogP contribution in [-0.2, 0) is 0 Å². The minimum absolute atomic E-state index is 0.722. The van der Waals surface area contributed by atoms with Crippen LogP contribution in [0.15, 0.2) is 176 Å². The molecule has 3 heteroatoms. The van der Waals surface area contributed by atoms with Crippen LogP contribution in [0.1, 0.15) is 0 Å². The van der Waals surface area contributed by atoms with Crippen molar-refractivity contribution in [2.75, 3.05) is 0 Å². The molecule has 3 heterocycles. The fourth-order valence-electron chi connectivity index (χ4n) is 7.53. The summed E-state index contributed by atoms with van der Waals surface area (Å²) in [6, 6.07) is 62.6. The van der Waals surface area contributed by atoms with Gasteiger partial charge in [-0.05, 0) is 46.3 Å². The first-order valence-corrected chi connectivity index (χ1v) is 16.7. The van der Waals surface area contributed by atoms with Crippen molar-refractivity contribution in [3.63, 3.8) is 0 Å². The number of para-hydroxylation sites is 2. The molecule has 7 aromatic carbocycles. The van der Waals surface area contributed by atoms with Crippen molar-refractivity contribution in [2.45, 2.75) is 0 Å². The lowest BCUT2D eigenvalue weighted by Crippen LogP contribution is -1.96. The highest BCUT2D eigenvalue weighted by Crippen LogP contribution is 2.44. The molecule has 0 fully saturated rings. The summed E-state index contributed by atoms with van der Waals surface area (Å²) in [6.07, 6.45) is 0. The highest BCUT2D eigenvalue weighted by molar-refractivity contribution is 6.22. The van der Waals surface area contributed by atoms with Crippen LogP contribution in [0.5, 0.6) is 0 Å². The van der Waals surface area contributed by atoms with Gasteiger partial charge in [-0.25, -0.2) is 9.97 Å². The molecule has 0 bridgehead atoms. The van der Waals surface area contributed by atoms with E-state index in [1.165, 1.54) is 60.3 Å². The maximum Gasteiger partial charge on any atom is 0.160 e. The predicted octanol–water partition coefficient (Wildman–Crippen LogP) is 12.0. The maximum atomic E-state index is 5.21. The first-order chi connectivity index (χ1) is 24.3. The van der Waals surface area contributed by atoms with E-state index >= 15 is 0 Å². The second kappa shape index (κ2) is 11.0. The van der Waals surface area contributed by atoms with E-state index in [9.17, 15) is 0 Å². The lowest BCUT2D eigenvalue weighted by molar-refractivity contribution is 1.23. The zero-order chi connectivity index (χ0) is 32.3. The molecular weight excluding hydrogens is 595 g/mol. The highest BCUT2D eigenvalue weighted by atomic mass is 14.9. The number of rotatable bonds is 4. The van der Waals surface area contributed by atoms with Crippen molar-refractivity contribution in [2.24, 2.45) is 0 Å². The molecule has 0 aliphatic heterocycles. The van der Waals surface area contributed by atoms with E-state index in [4.69, 9.17) is 9.97 Å². The monoisotopic (exact) mass is 623 g/mol. The fraction of sp³-hybridized carbons (Fsp3) is 0. The van der Waals surface area contributed by atoms with Crippen LogP contribution >= 0.6 is 0 Å². The fourth-order valence-corrected chi connectivity index (χ4v) is 7.53. The number of hydrogen-bond acceptors (Lipinski definition) is 2. The maximum absolute atomic E-state index is 5.21. The molecule has 0 amide bonds. The van der Waals surface area contributed by atoms with E-state index in [1.807, 2.05) is 12.1 Å². The molecule has 3 aromatic heterocycles. The Bertz CT molecular complexity index is 2850. The third kappa shape index (κ3) is 4.37. The molecule has 0 spiro atoms. The van der Waals surface area contributed by atoms with Crippen molar-refractivity contribution >= 4 is 49.0 Å². The van der Waals surface area contributed by atoms with Gasteiger partial charge >= 0.3 is 0 Å². The third-order valence-corrected chi connectivity index (χ3v) is 9.76. The summed E-state index contributed by atoms with van der Waals surface area (Å²) in [7, 11) is 0. The average Bonchev–Trinajstić information content (AvgIpc) is 3.53. The summed E-state index contributed by atoms with van der Waals surface area (Å²) in [4.78, 5) is 10.3. The topological polar surface area (TPSA) is 30.2 Å². The molecule has 0 N–H and O–H groups in total. The Balaban J connectivity index is 1.30. The SMILES string of the molecule is c1ccc(-c2ccc3c(-c4ccccc4)c4c5ccc(-c6nc(-c7ccccc7)c7ccccc7n6)cc5c5ccccc5n4c3c2)cc1. The number of aromatic nitrogens is 3. The Hall–Kier alpha value is -6.58. The molecule has 0 unspecified atom stereocenters. The van der Waals surface area contributed by atoms with Crippen LogP contribution in [0, 0.1) is 0 Å². The third-order valence-electron chi connectivity index (χ3n) is 9.76. The van der Waals surface area contributed by atoms with Crippen LogP contribution in [0.4, 0.5) is 0 Å². The van der Waals surface area contributed by atoms with Crippen molar-refractivity contribution < 1.29 is 0 Å². The Labute approximate surface area is 283 Å². The molecular formula is C46H29N3. The standard InChI is InChI=1S/C46H29N3/c1-4-14-30(15-5-1)33-24-27-38-42(29-33)49-41-23-13-11-20-35(41)39-28-34(25-26-36(39)45(49)43(38)31-16-6-2-7-17-31)46-47-40-22-12-10-21-37(40)44(48-46)32-18-8-3-9-19-32/h1-29H. The molecule has 10 rings (SSSR count). The summed E-state index contributed by atoms with van der Waals surface area (Å²) in [5, 5.41) is 5.85. The van der Waals surface area contributed by atoms with Crippen LogP contribution in [0.25, 0.3) is 93.9 Å². The second-order valence-electron chi connectivity index (χ2n) is 12.6. The van der Waals surface area contributed by atoms with Gasteiger partial charge in [-0.15, -0.1) is 0 Å². The summed E-state index contributed by atoms with van der Waals surface area (Å²) in [5.74, 6) is 0.722. The average molecular weight is 624 g/mol. The summed E-state index contributed by atoms with van der Waals surface area (Å²) in [5.41, 5.74) is 12.4. The second-order valence-corrected chi connectivity index (χ2v) is 12.6. The van der Waals surface area contributed by atoms with E-state index in [2.05, 4.69) is 168 Å². The molecule has 3 nitrogen and oxygen atoms in total. The van der Waals surface area contributed by atoms with Gasteiger partial charge in [0.2, 0.25) is 0 Å². The lowest BCUT2D eigenvalue weighted by atomic mass is 9.97. The van der Waals surface area contributed by atoms with E-state index < -0.39 is 0 Å². The van der Waals surface area contributed by atoms with Gasteiger partial charge in [0.05, 0.1) is 27.8 Å². The van der Waals surface area contributed by atoms with Crippen LogP contribution in [0.3, 0.4) is 0 Å². The van der Waals surface area contributed by atoms with Crippen molar-refractivity contribution in [1.82, 2.24) is 14.4 Å². The van der Waals surface area contributed by atoms with Gasteiger partial charge in [-0.3, -0.25) is 0 Å². The van der Waals surface area contributed by atoms with Crippen LogP contribution in [0.2, 0.25) is 0 Å². The van der Waals surface area contributed by atoms with Gasteiger partial charge in [0.1, 0.15) is 0 Å². The molecule has 0 saturated carbocycles. The van der Waals surface area contributed by atoms with E-state index in [0.717, 1.165) is 33.5 Å². The number of fused-ring (bicyclic) bond motifs is 9. The van der Waals surface area contributed by atoms with E-state index in [0.29, 0.717) is 0 Å². The number of nitrogens with zero attached hydrogens (tertiary/aromatic N) is 3. The minimum atomic E-state index is 0.722. The number of hydrogen-bond donors (Lipinski definition) is 0. The van der Waals surface area contributed by atoms with E-state index in [-0.39, 0.29) is 0 Å². The molecule has 0 aliphatic carbocycles. The summed E-state index contributed by atoms with van der Waals surface area (Å²) < 4.78 is 2.47. The first kappa shape index (κ1) is 27.5. The van der Waals surface area contributed by atoms with Gasteiger partial charge in [0, 0.05) is 38.2 Å². The quantitative estimate of drug-likeness (QED) is 0.183. The molecule has 0 saturated heterocycles. The summed E-state index contributed by atoms with van der Waals surface area (Å²) >= 11 is 0. The Morgan fingerprint density at radius 2 is 0.959 bits per heavy atom. The molecule has 0 aliphatic rings. The first-order valence-electron chi connectivity index (χ1n) is 16.7. The molecule has 0 atom stereocenters. The van der Waals surface area contributed by atoms with Gasteiger partial charge in [-0.1, -0.05) is 152 Å². The normalized spacial score (nSPS) is 11.7. The Kier molecular flexibility index (Phi) is 6.18.